The fourth-order valence-electron chi connectivity index (χ4n) is 1.14. The molecule has 0 bridgehead atoms. The third-order valence-electron chi connectivity index (χ3n) is 1.72. The number of carbonyl (C=O) groups excluding carboxylic acids is 1. The van der Waals surface area contributed by atoms with E-state index in [1.54, 1.807) is 12.3 Å². The maximum absolute atomic E-state index is 10.6. The molecule has 3 heteroatoms. The zero-order chi connectivity index (χ0) is 8.55. The van der Waals surface area contributed by atoms with Gasteiger partial charge in [0.1, 0.15) is 5.58 Å². The zero-order valence-corrected chi connectivity index (χ0v) is 7.67. The summed E-state index contributed by atoms with van der Waals surface area (Å²) in [5.74, 6) is 0. The first-order valence-corrected chi connectivity index (χ1v) is 4.23. The van der Waals surface area contributed by atoms with Gasteiger partial charge in [0.2, 0.25) is 0 Å². The monoisotopic (exact) mass is 224 g/mol. The second-order valence-electron chi connectivity index (χ2n) is 2.42. The Morgan fingerprint density at radius 1 is 1.33 bits per heavy atom. The van der Waals surface area contributed by atoms with Crippen LogP contribution in [0.2, 0.25) is 0 Å². The van der Waals surface area contributed by atoms with Crippen LogP contribution >= 0.6 is 15.9 Å². The molecule has 1 aromatic carbocycles. The van der Waals surface area contributed by atoms with E-state index in [0.29, 0.717) is 11.1 Å². The van der Waals surface area contributed by atoms with E-state index < -0.39 is 0 Å². The summed E-state index contributed by atoms with van der Waals surface area (Å²) in [6.07, 6.45) is 2.36. The molecule has 2 nitrogen and oxygen atoms in total. The summed E-state index contributed by atoms with van der Waals surface area (Å²) in [4.78, 5) is 10.6. The van der Waals surface area contributed by atoms with Gasteiger partial charge >= 0.3 is 0 Å². The van der Waals surface area contributed by atoms with Gasteiger partial charge in [-0.05, 0) is 18.2 Å². The Kier molecular flexibility index (Phi) is 1.73. The molecule has 0 aliphatic carbocycles. The molecule has 1 aromatic heterocycles. The molecule has 0 aliphatic heterocycles. The van der Waals surface area contributed by atoms with Crippen LogP contribution in [0.3, 0.4) is 0 Å². The summed E-state index contributed by atoms with van der Waals surface area (Å²) in [6, 6.07) is 5.39. The lowest BCUT2D eigenvalue weighted by molar-refractivity contribution is 0.112. The average Bonchev–Trinajstić information content (AvgIpc) is 2.54. The third-order valence-corrected chi connectivity index (χ3v) is 2.41. The first-order chi connectivity index (χ1) is 5.83. The van der Waals surface area contributed by atoms with Crippen molar-refractivity contribution in [2.45, 2.75) is 0 Å². The number of fused-ring (bicyclic) bond motifs is 1. The van der Waals surface area contributed by atoms with Gasteiger partial charge in [-0.2, -0.15) is 0 Å². The van der Waals surface area contributed by atoms with E-state index in [0.717, 1.165) is 16.1 Å². The van der Waals surface area contributed by atoms with Crippen molar-refractivity contribution < 1.29 is 9.21 Å². The highest BCUT2D eigenvalue weighted by molar-refractivity contribution is 9.10. The highest BCUT2D eigenvalue weighted by Gasteiger charge is 2.05. The largest absolute Gasteiger partial charge is 0.464 e. The van der Waals surface area contributed by atoms with E-state index in [1.165, 1.54) is 0 Å². The minimum absolute atomic E-state index is 0.582. The number of hydrogen-bond donors (Lipinski definition) is 0. The Bertz CT molecular complexity index is 431. The van der Waals surface area contributed by atoms with Crippen LogP contribution in [0.1, 0.15) is 10.4 Å². The van der Waals surface area contributed by atoms with E-state index in [2.05, 4.69) is 15.9 Å². The molecule has 12 heavy (non-hydrogen) atoms. The molecule has 0 amide bonds. The number of hydrogen-bond acceptors (Lipinski definition) is 2. The molecule has 60 valence electrons. The summed E-state index contributed by atoms with van der Waals surface area (Å²) in [5, 5.41) is 0.930. The fourth-order valence-corrected chi connectivity index (χ4v) is 1.59. The predicted molar refractivity (Wildman–Crippen MR) is 49.3 cm³/mol. The van der Waals surface area contributed by atoms with Crippen LogP contribution in [0.4, 0.5) is 0 Å². The molecule has 0 saturated carbocycles. The van der Waals surface area contributed by atoms with Crippen LogP contribution in [0.25, 0.3) is 11.0 Å². The van der Waals surface area contributed by atoms with Gasteiger partial charge in [-0.3, -0.25) is 4.79 Å². The van der Waals surface area contributed by atoms with Crippen LogP contribution < -0.4 is 0 Å². The Balaban J connectivity index is 2.91. The fraction of sp³-hybridized carbons (Fsp3) is 0. The van der Waals surface area contributed by atoms with Crippen molar-refractivity contribution >= 4 is 33.2 Å². The summed E-state index contributed by atoms with van der Waals surface area (Å²) < 4.78 is 6.10. The molecule has 0 aliphatic rings. The smallest absolute Gasteiger partial charge is 0.153 e. The predicted octanol–water partition coefficient (Wildman–Crippen LogP) is 3.01. The van der Waals surface area contributed by atoms with E-state index in [4.69, 9.17) is 4.42 Å². The lowest BCUT2D eigenvalue weighted by atomic mass is 10.2. The number of aldehydes is 1. The van der Waals surface area contributed by atoms with Gasteiger partial charge in [0.25, 0.3) is 0 Å². The minimum Gasteiger partial charge on any atom is -0.464 e. The molecular formula is C9H5BrO2. The molecule has 0 spiro atoms. The molecule has 0 atom stereocenters. The van der Waals surface area contributed by atoms with E-state index in [1.807, 2.05) is 12.1 Å². The average molecular weight is 225 g/mol. The van der Waals surface area contributed by atoms with Gasteiger partial charge in [-0.1, -0.05) is 15.9 Å². The Hall–Kier alpha value is -1.09. The molecule has 0 N–H and O–H groups in total. The van der Waals surface area contributed by atoms with Gasteiger partial charge in [-0.15, -0.1) is 0 Å². The maximum atomic E-state index is 10.6. The number of rotatable bonds is 1. The Morgan fingerprint density at radius 3 is 2.92 bits per heavy atom. The molecule has 2 aromatic rings. The highest BCUT2D eigenvalue weighted by atomic mass is 79.9. The van der Waals surface area contributed by atoms with Gasteiger partial charge < -0.3 is 4.42 Å². The molecule has 0 fully saturated rings. The molecule has 2 rings (SSSR count). The number of benzene rings is 1. The molecule has 1 heterocycles. The summed E-state index contributed by atoms with van der Waals surface area (Å²) >= 11 is 3.36. The maximum Gasteiger partial charge on any atom is 0.153 e. The second kappa shape index (κ2) is 2.75. The van der Waals surface area contributed by atoms with Crippen molar-refractivity contribution in [3.63, 3.8) is 0 Å². The number of halogens is 1. The Morgan fingerprint density at radius 2 is 2.17 bits per heavy atom. The van der Waals surface area contributed by atoms with Crippen LogP contribution in [0.15, 0.2) is 33.4 Å². The zero-order valence-electron chi connectivity index (χ0n) is 6.08. The summed E-state index contributed by atoms with van der Waals surface area (Å²) in [7, 11) is 0. The van der Waals surface area contributed by atoms with E-state index >= 15 is 0 Å². The van der Waals surface area contributed by atoms with E-state index in [9.17, 15) is 4.79 Å². The van der Waals surface area contributed by atoms with Crippen LogP contribution in [-0.4, -0.2) is 6.29 Å². The quantitative estimate of drug-likeness (QED) is 0.698. The standard InChI is InChI=1S/C9H5BrO2/c10-8-2-1-6(5-11)9-7(8)3-4-12-9/h1-5H. The van der Waals surface area contributed by atoms with Crippen molar-refractivity contribution in [3.8, 4) is 0 Å². The van der Waals surface area contributed by atoms with Crippen LogP contribution in [0, 0.1) is 0 Å². The van der Waals surface area contributed by atoms with Gasteiger partial charge in [0, 0.05) is 9.86 Å². The SMILES string of the molecule is O=Cc1ccc(Br)c2ccoc12. The normalized spacial score (nSPS) is 10.4. The van der Waals surface area contributed by atoms with Crippen LogP contribution in [-0.2, 0) is 0 Å². The van der Waals surface area contributed by atoms with Crippen molar-refractivity contribution in [3.05, 3.63) is 34.5 Å². The van der Waals surface area contributed by atoms with Gasteiger partial charge in [0.15, 0.2) is 6.29 Å². The number of carbonyl (C=O) groups is 1. The van der Waals surface area contributed by atoms with Gasteiger partial charge in [-0.25, -0.2) is 0 Å². The minimum atomic E-state index is 0.582. The first kappa shape index (κ1) is 7.55. The summed E-state index contributed by atoms with van der Waals surface area (Å²) in [5.41, 5.74) is 1.22. The molecule has 0 unspecified atom stereocenters. The summed E-state index contributed by atoms with van der Waals surface area (Å²) in [6.45, 7) is 0. The molecule has 0 saturated heterocycles. The molecular weight excluding hydrogens is 220 g/mol. The highest BCUT2D eigenvalue weighted by Crippen LogP contribution is 2.26. The topological polar surface area (TPSA) is 30.2 Å². The lowest BCUT2D eigenvalue weighted by Gasteiger charge is -1.94. The first-order valence-electron chi connectivity index (χ1n) is 3.44. The van der Waals surface area contributed by atoms with Crippen molar-refractivity contribution in [2.75, 3.05) is 0 Å². The van der Waals surface area contributed by atoms with Crippen molar-refractivity contribution in [2.24, 2.45) is 0 Å². The van der Waals surface area contributed by atoms with Gasteiger partial charge in [0.05, 0.1) is 11.8 Å². The third kappa shape index (κ3) is 0.975. The second-order valence-corrected chi connectivity index (χ2v) is 3.27. The van der Waals surface area contributed by atoms with Crippen molar-refractivity contribution in [1.29, 1.82) is 0 Å². The van der Waals surface area contributed by atoms with Crippen LogP contribution in [0.5, 0.6) is 0 Å². The Labute approximate surface area is 77.3 Å². The number of furan rings is 1. The van der Waals surface area contributed by atoms with Crippen molar-refractivity contribution in [1.82, 2.24) is 0 Å². The van der Waals surface area contributed by atoms with E-state index in [-0.39, 0.29) is 0 Å². The lowest BCUT2D eigenvalue weighted by Crippen LogP contribution is -1.79. The molecule has 0 radical (unpaired) electrons.